The van der Waals surface area contributed by atoms with Crippen molar-refractivity contribution in [3.05, 3.63) is 43.3 Å². The number of aryl methyl sites for hydroxylation is 1. The Labute approximate surface area is 158 Å². The van der Waals surface area contributed by atoms with Gasteiger partial charge in [0.25, 0.3) is 5.91 Å². The summed E-state index contributed by atoms with van der Waals surface area (Å²) in [5, 5.41) is 6.14. The van der Waals surface area contributed by atoms with E-state index in [0.29, 0.717) is 11.3 Å². The number of hydrogen-bond acceptors (Lipinski definition) is 4. The minimum atomic E-state index is -0.0878. The molecule has 5 heteroatoms. The Kier molecular flexibility index (Phi) is 5.44. The fourth-order valence-corrected chi connectivity index (χ4v) is 5.30. The van der Waals surface area contributed by atoms with Crippen molar-refractivity contribution in [2.24, 2.45) is 16.4 Å². The van der Waals surface area contributed by atoms with Crippen molar-refractivity contribution < 1.29 is 4.79 Å². The van der Waals surface area contributed by atoms with Crippen LogP contribution in [0.1, 0.15) is 64.7 Å². The first kappa shape index (κ1) is 18.3. The second-order valence-corrected chi connectivity index (χ2v) is 9.88. The monoisotopic (exact) mass is 374 g/mol. The van der Waals surface area contributed by atoms with Gasteiger partial charge < -0.3 is 0 Å². The van der Waals surface area contributed by atoms with Crippen molar-refractivity contribution in [1.82, 2.24) is 5.43 Å². The van der Waals surface area contributed by atoms with E-state index in [-0.39, 0.29) is 5.91 Å². The number of amides is 1. The molecule has 2 aromatic rings. The summed E-state index contributed by atoms with van der Waals surface area (Å²) >= 11 is 3.43. The summed E-state index contributed by atoms with van der Waals surface area (Å²) in [5.41, 5.74) is 5.07. The van der Waals surface area contributed by atoms with Crippen molar-refractivity contribution in [2.45, 2.75) is 53.4 Å². The zero-order valence-electron chi connectivity index (χ0n) is 15.4. The second-order valence-electron chi connectivity index (χ2n) is 7.71. The van der Waals surface area contributed by atoms with Crippen LogP contribution in [0.3, 0.4) is 0 Å². The van der Waals surface area contributed by atoms with E-state index in [1.54, 1.807) is 28.9 Å². The van der Waals surface area contributed by atoms with Crippen LogP contribution in [0.2, 0.25) is 0 Å². The lowest BCUT2D eigenvalue weighted by atomic mass is 9.72. The molecular formula is C20H26N2OS2. The number of nitrogens with zero attached hydrogens (tertiary/aromatic N) is 1. The summed E-state index contributed by atoms with van der Waals surface area (Å²) < 4.78 is 0. The van der Waals surface area contributed by atoms with Crippen LogP contribution in [0.5, 0.6) is 0 Å². The summed E-state index contributed by atoms with van der Waals surface area (Å²) in [6, 6.07) is 4.15. The van der Waals surface area contributed by atoms with Crippen LogP contribution < -0.4 is 5.43 Å². The maximum atomic E-state index is 12.5. The number of rotatable bonds is 4. The molecule has 0 saturated heterocycles. The molecule has 1 atom stereocenters. The van der Waals surface area contributed by atoms with Crippen LogP contribution >= 0.6 is 22.7 Å². The highest BCUT2D eigenvalue weighted by Gasteiger charge is 2.31. The van der Waals surface area contributed by atoms with Crippen molar-refractivity contribution in [3.8, 4) is 0 Å². The maximum Gasteiger partial charge on any atom is 0.272 e. The SMILES string of the molecule is CCc1ccc(/C=N/NC(=O)c2csc3c2CC[C@@H](C(C)(C)C)C3)s1. The zero-order valence-corrected chi connectivity index (χ0v) is 17.0. The van der Waals surface area contributed by atoms with Crippen LogP contribution in [0.25, 0.3) is 0 Å². The van der Waals surface area contributed by atoms with Gasteiger partial charge >= 0.3 is 0 Å². The maximum absolute atomic E-state index is 12.5. The first-order valence-electron chi connectivity index (χ1n) is 8.89. The Hall–Kier alpha value is -1.46. The third kappa shape index (κ3) is 4.21. The molecule has 0 fully saturated rings. The van der Waals surface area contributed by atoms with Crippen LogP contribution in [0, 0.1) is 11.3 Å². The van der Waals surface area contributed by atoms with Gasteiger partial charge in [0.05, 0.1) is 11.8 Å². The molecule has 25 heavy (non-hydrogen) atoms. The van der Waals surface area contributed by atoms with Gasteiger partial charge in [-0.15, -0.1) is 22.7 Å². The second kappa shape index (κ2) is 7.42. The molecule has 1 N–H and O–H groups in total. The van der Waals surface area contributed by atoms with Gasteiger partial charge in [0.15, 0.2) is 0 Å². The number of hydrazone groups is 1. The molecule has 2 aromatic heterocycles. The van der Waals surface area contributed by atoms with E-state index in [0.717, 1.165) is 36.1 Å². The minimum absolute atomic E-state index is 0.0878. The molecule has 2 heterocycles. The number of nitrogens with one attached hydrogen (secondary N) is 1. The Morgan fingerprint density at radius 2 is 2.20 bits per heavy atom. The first-order chi connectivity index (χ1) is 11.9. The lowest BCUT2D eigenvalue weighted by Crippen LogP contribution is -2.27. The van der Waals surface area contributed by atoms with Crippen LogP contribution in [-0.2, 0) is 19.3 Å². The van der Waals surface area contributed by atoms with Gasteiger partial charge in [-0.25, -0.2) is 5.43 Å². The molecule has 0 spiro atoms. The van der Waals surface area contributed by atoms with E-state index in [4.69, 9.17) is 0 Å². The van der Waals surface area contributed by atoms with E-state index in [9.17, 15) is 4.79 Å². The van der Waals surface area contributed by atoms with Crippen LogP contribution in [0.15, 0.2) is 22.6 Å². The number of hydrogen-bond donors (Lipinski definition) is 1. The molecule has 0 saturated carbocycles. The predicted octanol–water partition coefficient (Wildman–Crippen LogP) is 5.29. The van der Waals surface area contributed by atoms with Crippen molar-refractivity contribution in [1.29, 1.82) is 0 Å². The standard InChI is InChI=1S/C20H26N2OS2/c1-5-14-7-8-15(25-14)11-21-22-19(23)17-12-24-18-10-13(20(2,3)4)6-9-16(17)18/h7-8,11-13H,5-6,9-10H2,1-4H3,(H,22,23)/b21-11+/t13-/m1/s1. The molecule has 3 nitrogen and oxygen atoms in total. The first-order valence-corrected chi connectivity index (χ1v) is 10.6. The van der Waals surface area contributed by atoms with Gasteiger partial charge in [-0.2, -0.15) is 5.10 Å². The Morgan fingerprint density at radius 1 is 1.40 bits per heavy atom. The number of fused-ring (bicyclic) bond motifs is 1. The topological polar surface area (TPSA) is 41.5 Å². The molecule has 0 unspecified atom stereocenters. The van der Waals surface area contributed by atoms with Gasteiger partial charge in [0.2, 0.25) is 0 Å². The summed E-state index contributed by atoms with van der Waals surface area (Å²) in [6.45, 7) is 9.08. The normalized spacial score (nSPS) is 17.7. The highest BCUT2D eigenvalue weighted by Crippen LogP contribution is 2.40. The third-order valence-corrected chi connectivity index (χ3v) is 7.23. The lowest BCUT2D eigenvalue weighted by Gasteiger charge is -2.33. The Morgan fingerprint density at radius 3 is 2.88 bits per heavy atom. The Bertz CT molecular complexity index is 780. The highest BCUT2D eigenvalue weighted by atomic mass is 32.1. The van der Waals surface area contributed by atoms with Crippen molar-refractivity contribution in [3.63, 3.8) is 0 Å². The highest BCUT2D eigenvalue weighted by molar-refractivity contribution is 7.13. The van der Waals surface area contributed by atoms with E-state index >= 15 is 0 Å². The summed E-state index contributed by atoms with van der Waals surface area (Å²) in [7, 11) is 0. The number of carbonyl (C=O) groups is 1. The van der Waals surface area contributed by atoms with Gasteiger partial charge in [0.1, 0.15) is 0 Å². The molecule has 0 aromatic carbocycles. The average molecular weight is 375 g/mol. The molecule has 1 aliphatic rings. The van der Waals surface area contributed by atoms with Crippen LogP contribution in [0.4, 0.5) is 0 Å². The van der Waals surface area contributed by atoms with Gasteiger partial charge in [-0.3, -0.25) is 4.79 Å². The van der Waals surface area contributed by atoms with Gasteiger partial charge in [-0.05, 0) is 54.7 Å². The molecule has 0 radical (unpaired) electrons. The molecule has 3 rings (SSSR count). The summed E-state index contributed by atoms with van der Waals surface area (Å²) in [6.07, 6.45) is 6.01. The fourth-order valence-electron chi connectivity index (χ4n) is 3.31. The fraction of sp³-hybridized carbons (Fsp3) is 0.500. The van der Waals surface area contributed by atoms with E-state index in [1.807, 2.05) is 11.4 Å². The third-order valence-electron chi connectivity index (χ3n) is 5.01. The largest absolute Gasteiger partial charge is 0.272 e. The zero-order chi connectivity index (χ0) is 18.0. The van der Waals surface area contributed by atoms with Crippen molar-refractivity contribution >= 4 is 34.8 Å². The van der Waals surface area contributed by atoms with Crippen LogP contribution in [-0.4, -0.2) is 12.1 Å². The molecule has 0 bridgehead atoms. The van der Waals surface area contributed by atoms with Gasteiger partial charge in [-0.1, -0.05) is 27.7 Å². The number of thiophene rings is 2. The molecular weight excluding hydrogens is 348 g/mol. The quantitative estimate of drug-likeness (QED) is 0.573. The minimum Gasteiger partial charge on any atom is -0.267 e. The average Bonchev–Trinajstić information content (AvgIpc) is 3.19. The predicted molar refractivity (Wildman–Crippen MR) is 108 cm³/mol. The van der Waals surface area contributed by atoms with Gasteiger partial charge in [0, 0.05) is 20.0 Å². The number of carbonyl (C=O) groups excluding carboxylic acids is 1. The molecule has 1 amide bonds. The van der Waals surface area contributed by atoms with E-state index in [2.05, 4.69) is 44.3 Å². The molecule has 0 aliphatic heterocycles. The molecule has 1 aliphatic carbocycles. The smallest absolute Gasteiger partial charge is 0.267 e. The summed E-state index contributed by atoms with van der Waals surface area (Å²) in [4.78, 5) is 16.3. The Balaban J connectivity index is 1.65. The van der Waals surface area contributed by atoms with Crippen molar-refractivity contribution in [2.75, 3.05) is 0 Å². The lowest BCUT2D eigenvalue weighted by molar-refractivity contribution is 0.0954. The summed E-state index contributed by atoms with van der Waals surface area (Å²) in [5.74, 6) is 0.606. The molecule has 134 valence electrons. The van der Waals surface area contributed by atoms with E-state index < -0.39 is 0 Å². The van der Waals surface area contributed by atoms with E-state index in [1.165, 1.54) is 15.3 Å².